The molecule has 0 aliphatic carbocycles. The van der Waals surface area contributed by atoms with Gasteiger partial charge < -0.3 is 10.6 Å². The maximum Gasteiger partial charge on any atom is 0.146 e. The van der Waals surface area contributed by atoms with Crippen molar-refractivity contribution < 1.29 is 4.39 Å². The second kappa shape index (κ2) is 6.73. The van der Waals surface area contributed by atoms with Crippen LogP contribution in [0.2, 0.25) is 5.02 Å². The van der Waals surface area contributed by atoms with Crippen molar-refractivity contribution in [1.82, 2.24) is 0 Å². The van der Waals surface area contributed by atoms with Crippen LogP contribution in [-0.2, 0) is 6.42 Å². The summed E-state index contributed by atoms with van der Waals surface area (Å²) in [6, 6.07) is 12.4. The second-order valence-electron chi connectivity index (χ2n) is 4.51. The monoisotopic (exact) mass is 292 g/mol. The van der Waals surface area contributed by atoms with E-state index in [-0.39, 0.29) is 5.82 Å². The molecule has 0 bridgehead atoms. The van der Waals surface area contributed by atoms with E-state index < -0.39 is 0 Å². The molecule has 0 amide bonds. The van der Waals surface area contributed by atoms with Gasteiger partial charge in [0.2, 0.25) is 0 Å². The van der Waals surface area contributed by atoms with Crippen molar-refractivity contribution in [2.24, 2.45) is 5.73 Å². The molecule has 0 saturated carbocycles. The van der Waals surface area contributed by atoms with E-state index in [0.717, 1.165) is 11.3 Å². The first kappa shape index (κ1) is 14.8. The fourth-order valence-electron chi connectivity index (χ4n) is 2.31. The summed E-state index contributed by atoms with van der Waals surface area (Å²) in [5, 5.41) is 0.668. The van der Waals surface area contributed by atoms with Crippen LogP contribution in [0.4, 0.5) is 15.8 Å². The van der Waals surface area contributed by atoms with Crippen LogP contribution in [0, 0.1) is 5.82 Å². The number of halogens is 2. The molecular weight excluding hydrogens is 275 g/mol. The van der Waals surface area contributed by atoms with Gasteiger partial charge in [0.05, 0.1) is 5.69 Å². The van der Waals surface area contributed by atoms with Gasteiger partial charge in [-0.15, -0.1) is 0 Å². The van der Waals surface area contributed by atoms with Crippen LogP contribution in [0.5, 0.6) is 0 Å². The van der Waals surface area contributed by atoms with Crippen LogP contribution >= 0.6 is 11.6 Å². The third-order valence-corrected chi connectivity index (χ3v) is 3.44. The number of nitrogens with two attached hydrogens (primary N) is 1. The van der Waals surface area contributed by atoms with Crippen molar-refractivity contribution in [3.63, 3.8) is 0 Å². The number of hydrogen-bond acceptors (Lipinski definition) is 2. The van der Waals surface area contributed by atoms with Crippen LogP contribution < -0.4 is 10.6 Å². The summed E-state index contributed by atoms with van der Waals surface area (Å²) in [4.78, 5) is 1.94. The van der Waals surface area contributed by atoms with Gasteiger partial charge in [0.25, 0.3) is 0 Å². The Bertz CT molecular complexity index is 586. The zero-order chi connectivity index (χ0) is 14.5. The van der Waals surface area contributed by atoms with Gasteiger partial charge in [-0.25, -0.2) is 4.39 Å². The maximum atomic E-state index is 14.0. The fraction of sp³-hybridized carbons (Fsp3) is 0.250. The van der Waals surface area contributed by atoms with Crippen LogP contribution in [0.3, 0.4) is 0 Å². The molecule has 0 heterocycles. The van der Waals surface area contributed by atoms with Gasteiger partial charge >= 0.3 is 0 Å². The van der Waals surface area contributed by atoms with Gasteiger partial charge in [-0.2, -0.15) is 0 Å². The van der Waals surface area contributed by atoms with E-state index in [1.54, 1.807) is 12.1 Å². The van der Waals surface area contributed by atoms with Gasteiger partial charge in [0.1, 0.15) is 5.82 Å². The van der Waals surface area contributed by atoms with Crippen molar-refractivity contribution in [2.45, 2.75) is 13.3 Å². The van der Waals surface area contributed by atoms with Crippen molar-refractivity contribution >= 4 is 23.0 Å². The van der Waals surface area contributed by atoms with E-state index in [1.807, 2.05) is 36.1 Å². The minimum Gasteiger partial charge on any atom is -0.339 e. The predicted molar refractivity (Wildman–Crippen MR) is 83.3 cm³/mol. The molecule has 0 atom stereocenters. The molecule has 0 fully saturated rings. The first-order chi connectivity index (χ1) is 9.67. The molecule has 0 radical (unpaired) electrons. The van der Waals surface area contributed by atoms with E-state index in [9.17, 15) is 4.39 Å². The Labute approximate surface area is 124 Å². The number of anilines is 2. The van der Waals surface area contributed by atoms with E-state index >= 15 is 0 Å². The first-order valence-corrected chi connectivity index (χ1v) is 7.05. The van der Waals surface area contributed by atoms with Crippen LogP contribution in [0.1, 0.15) is 12.5 Å². The molecule has 106 valence electrons. The molecule has 0 aliphatic heterocycles. The average Bonchev–Trinajstić information content (AvgIpc) is 2.44. The fourth-order valence-corrected chi connectivity index (χ4v) is 2.51. The molecule has 0 saturated heterocycles. The number of nitrogens with zero attached hydrogens (tertiary/aromatic N) is 1. The first-order valence-electron chi connectivity index (χ1n) is 6.68. The van der Waals surface area contributed by atoms with Crippen LogP contribution in [0.25, 0.3) is 0 Å². The van der Waals surface area contributed by atoms with Gasteiger partial charge in [-0.05, 0) is 55.8 Å². The summed E-state index contributed by atoms with van der Waals surface area (Å²) in [6.45, 7) is 3.19. The number of benzene rings is 2. The topological polar surface area (TPSA) is 29.3 Å². The van der Waals surface area contributed by atoms with Gasteiger partial charge in [0, 0.05) is 17.3 Å². The average molecular weight is 293 g/mol. The zero-order valence-electron chi connectivity index (χ0n) is 11.4. The van der Waals surface area contributed by atoms with Crippen LogP contribution in [0.15, 0.2) is 42.5 Å². The summed E-state index contributed by atoms with van der Waals surface area (Å²) in [6.07, 6.45) is 0.709. The molecule has 20 heavy (non-hydrogen) atoms. The quantitative estimate of drug-likeness (QED) is 0.897. The van der Waals surface area contributed by atoms with E-state index in [2.05, 4.69) is 0 Å². The van der Waals surface area contributed by atoms with Crippen molar-refractivity contribution in [1.29, 1.82) is 0 Å². The second-order valence-corrected chi connectivity index (χ2v) is 4.94. The molecule has 0 unspecified atom stereocenters. The standard InChI is InChI=1S/C16H18ClFN2/c1-2-20(16-6-4-3-5-14(16)18)15-8-7-13(17)11-12(15)9-10-19/h3-8,11H,2,9-10,19H2,1H3. The Kier molecular flexibility index (Phi) is 4.99. The lowest BCUT2D eigenvalue weighted by atomic mass is 10.1. The lowest BCUT2D eigenvalue weighted by Gasteiger charge is -2.26. The van der Waals surface area contributed by atoms with Crippen molar-refractivity contribution in [2.75, 3.05) is 18.0 Å². The summed E-state index contributed by atoms with van der Waals surface area (Å²) >= 11 is 6.04. The Morgan fingerprint density at radius 3 is 2.55 bits per heavy atom. The molecular formula is C16H18ClFN2. The van der Waals surface area contributed by atoms with Gasteiger partial charge in [0.15, 0.2) is 0 Å². The van der Waals surface area contributed by atoms with Gasteiger partial charge in [-0.1, -0.05) is 23.7 Å². The van der Waals surface area contributed by atoms with E-state index in [4.69, 9.17) is 17.3 Å². The Balaban J connectivity index is 2.49. The lowest BCUT2D eigenvalue weighted by Crippen LogP contribution is -2.19. The third kappa shape index (κ3) is 3.11. The highest BCUT2D eigenvalue weighted by Gasteiger charge is 2.15. The largest absolute Gasteiger partial charge is 0.339 e. The highest BCUT2D eigenvalue weighted by molar-refractivity contribution is 6.30. The SMILES string of the molecule is CCN(c1ccccc1F)c1ccc(Cl)cc1CCN. The smallest absolute Gasteiger partial charge is 0.146 e. The molecule has 2 nitrogen and oxygen atoms in total. The Morgan fingerprint density at radius 2 is 1.90 bits per heavy atom. The summed E-state index contributed by atoms with van der Waals surface area (Å²) < 4.78 is 14.0. The molecule has 0 spiro atoms. The predicted octanol–water partition coefficient (Wildman–Crippen LogP) is 4.14. The molecule has 0 aliphatic rings. The summed E-state index contributed by atoms with van der Waals surface area (Å²) in [7, 11) is 0. The Hall–Kier alpha value is -1.58. The van der Waals surface area contributed by atoms with E-state index in [0.29, 0.717) is 30.2 Å². The minimum atomic E-state index is -0.233. The van der Waals surface area contributed by atoms with Crippen LogP contribution in [-0.4, -0.2) is 13.1 Å². The zero-order valence-corrected chi connectivity index (χ0v) is 12.2. The highest BCUT2D eigenvalue weighted by atomic mass is 35.5. The third-order valence-electron chi connectivity index (χ3n) is 3.21. The van der Waals surface area contributed by atoms with Crippen molar-refractivity contribution in [3.05, 3.63) is 58.9 Å². The summed E-state index contributed by atoms with van der Waals surface area (Å²) in [5.74, 6) is -0.233. The van der Waals surface area contributed by atoms with Crippen molar-refractivity contribution in [3.8, 4) is 0 Å². The number of para-hydroxylation sites is 1. The number of rotatable bonds is 5. The molecule has 4 heteroatoms. The Morgan fingerprint density at radius 1 is 1.15 bits per heavy atom. The number of hydrogen-bond donors (Lipinski definition) is 1. The molecule has 2 N–H and O–H groups in total. The molecule has 0 aromatic heterocycles. The van der Waals surface area contributed by atoms with Gasteiger partial charge in [-0.3, -0.25) is 0 Å². The molecule has 2 rings (SSSR count). The normalized spacial score (nSPS) is 10.6. The summed E-state index contributed by atoms with van der Waals surface area (Å²) in [5.41, 5.74) is 8.20. The molecule has 2 aromatic rings. The lowest BCUT2D eigenvalue weighted by molar-refractivity contribution is 0.625. The minimum absolute atomic E-state index is 0.233. The van der Waals surface area contributed by atoms with E-state index in [1.165, 1.54) is 6.07 Å². The highest BCUT2D eigenvalue weighted by Crippen LogP contribution is 2.32. The molecule has 2 aromatic carbocycles. The maximum absolute atomic E-state index is 14.0.